The Morgan fingerprint density at radius 1 is 0.966 bits per heavy atom. The smallest absolute Gasteiger partial charge is 0.338 e. The van der Waals surface area contributed by atoms with Crippen LogP contribution in [0.25, 0.3) is 10.8 Å². The molecule has 5 heteroatoms. The number of fused-ring (bicyclic) bond motifs is 1. The van der Waals surface area contributed by atoms with E-state index in [4.69, 9.17) is 9.47 Å². The topological polar surface area (TPSA) is 64.6 Å². The molecule has 0 heterocycles. The molecule has 3 aromatic carbocycles. The average molecular weight is 391 g/mol. The fraction of sp³-hybridized carbons (Fsp3) is 0.250. The molecule has 29 heavy (non-hydrogen) atoms. The van der Waals surface area contributed by atoms with Crippen molar-refractivity contribution in [1.82, 2.24) is 0 Å². The van der Waals surface area contributed by atoms with Crippen LogP contribution in [-0.2, 0) is 9.53 Å². The minimum Gasteiger partial charge on any atom is -0.481 e. The molecular weight excluding hydrogens is 366 g/mol. The molecule has 1 unspecified atom stereocenters. The van der Waals surface area contributed by atoms with Crippen LogP contribution in [0.2, 0.25) is 0 Å². The Morgan fingerprint density at radius 2 is 1.72 bits per heavy atom. The highest BCUT2D eigenvalue weighted by atomic mass is 16.5. The van der Waals surface area contributed by atoms with Crippen molar-refractivity contribution in [1.29, 1.82) is 0 Å². The quantitative estimate of drug-likeness (QED) is 0.568. The number of amides is 1. The lowest BCUT2D eigenvalue weighted by Crippen LogP contribution is -2.32. The Hall–Kier alpha value is -3.34. The van der Waals surface area contributed by atoms with Crippen LogP contribution in [0.3, 0.4) is 0 Å². The number of benzene rings is 3. The predicted molar refractivity (Wildman–Crippen MR) is 114 cm³/mol. The van der Waals surface area contributed by atoms with Gasteiger partial charge in [0.2, 0.25) is 0 Å². The van der Waals surface area contributed by atoms with E-state index in [1.54, 1.807) is 32.0 Å². The summed E-state index contributed by atoms with van der Waals surface area (Å²) in [6.07, 6.45) is -0.142. The summed E-state index contributed by atoms with van der Waals surface area (Å²) in [4.78, 5) is 24.9. The molecule has 0 spiro atoms. The van der Waals surface area contributed by atoms with Crippen LogP contribution in [0.1, 0.15) is 36.2 Å². The number of nitrogens with one attached hydrogen (secondary N) is 1. The van der Waals surface area contributed by atoms with Gasteiger partial charge in [-0.3, -0.25) is 4.79 Å². The molecule has 150 valence electrons. The summed E-state index contributed by atoms with van der Waals surface area (Å²) in [7, 11) is 0. The maximum atomic E-state index is 12.8. The highest BCUT2D eigenvalue weighted by molar-refractivity contribution is 5.98. The van der Waals surface area contributed by atoms with E-state index < -0.39 is 12.1 Å². The zero-order chi connectivity index (χ0) is 20.8. The molecule has 1 atom stereocenters. The van der Waals surface area contributed by atoms with Crippen molar-refractivity contribution in [2.24, 2.45) is 0 Å². The van der Waals surface area contributed by atoms with Gasteiger partial charge in [0.05, 0.1) is 12.2 Å². The third kappa shape index (κ3) is 4.74. The molecule has 0 fully saturated rings. The lowest BCUT2D eigenvalue weighted by molar-refractivity contribution is -0.122. The number of carbonyl (C=O) groups is 2. The van der Waals surface area contributed by atoms with Gasteiger partial charge < -0.3 is 14.8 Å². The van der Waals surface area contributed by atoms with Crippen molar-refractivity contribution in [3.63, 3.8) is 0 Å². The van der Waals surface area contributed by atoms with Crippen LogP contribution >= 0.6 is 0 Å². The van der Waals surface area contributed by atoms with Gasteiger partial charge in [-0.05, 0) is 60.9 Å². The standard InChI is InChI=1S/C24H25NO4/c1-4-22(29-19-14-13-17-9-6-7-10-18(17)15-19)23(26)25-21-12-8-11-20(16(21)3)24(27)28-5-2/h6-15,22H,4-5H2,1-3H3,(H,25,26). The Morgan fingerprint density at radius 3 is 2.45 bits per heavy atom. The van der Waals surface area contributed by atoms with Crippen molar-refractivity contribution >= 4 is 28.3 Å². The number of hydrogen-bond acceptors (Lipinski definition) is 4. The molecule has 1 amide bonds. The fourth-order valence-electron chi connectivity index (χ4n) is 3.14. The SMILES string of the molecule is CCOC(=O)c1cccc(NC(=O)C(CC)Oc2ccc3ccccc3c2)c1C. The molecule has 0 radical (unpaired) electrons. The molecule has 0 bridgehead atoms. The molecule has 0 aromatic heterocycles. The second-order valence-electron chi connectivity index (χ2n) is 6.71. The van der Waals surface area contributed by atoms with Gasteiger partial charge in [-0.15, -0.1) is 0 Å². The molecule has 1 N–H and O–H groups in total. The summed E-state index contributed by atoms with van der Waals surface area (Å²) in [6, 6.07) is 18.9. The van der Waals surface area contributed by atoms with E-state index in [2.05, 4.69) is 5.32 Å². The zero-order valence-corrected chi connectivity index (χ0v) is 16.9. The van der Waals surface area contributed by atoms with Gasteiger partial charge in [0.25, 0.3) is 5.91 Å². The molecule has 0 aliphatic carbocycles. The first-order chi connectivity index (χ1) is 14.0. The van der Waals surface area contributed by atoms with Gasteiger partial charge in [-0.25, -0.2) is 4.79 Å². The molecule has 5 nitrogen and oxygen atoms in total. The highest BCUT2D eigenvalue weighted by Crippen LogP contribution is 2.24. The number of carbonyl (C=O) groups excluding carboxylic acids is 2. The molecule has 0 saturated heterocycles. The van der Waals surface area contributed by atoms with Crippen LogP contribution in [0.15, 0.2) is 60.7 Å². The van der Waals surface area contributed by atoms with Gasteiger partial charge >= 0.3 is 5.97 Å². The monoisotopic (exact) mass is 391 g/mol. The Kier molecular flexibility index (Phi) is 6.50. The Balaban J connectivity index is 1.76. The molecule has 0 saturated carbocycles. The average Bonchev–Trinajstić information content (AvgIpc) is 2.73. The highest BCUT2D eigenvalue weighted by Gasteiger charge is 2.21. The summed E-state index contributed by atoms with van der Waals surface area (Å²) in [6.45, 7) is 5.74. The molecule has 3 rings (SSSR count). The van der Waals surface area contributed by atoms with Gasteiger partial charge in [-0.2, -0.15) is 0 Å². The second-order valence-corrected chi connectivity index (χ2v) is 6.71. The first-order valence-corrected chi connectivity index (χ1v) is 9.76. The zero-order valence-electron chi connectivity index (χ0n) is 16.9. The maximum Gasteiger partial charge on any atom is 0.338 e. The van der Waals surface area contributed by atoms with E-state index >= 15 is 0 Å². The van der Waals surface area contributed by atoms with Gasteiger partial charge in [0.1, 0.15) is 5.75 Å². The van der Waals surface area contributed by atoms with Crippen molar-refractivity contribution in [3.8, 4) is 5.75 Å². The summed E-state index contributed by atoms with van der Waals surface area (Å²) in [5.74, 6) is -0.0204. The number of ether oxygens (including phenoxy) is 2. The number of esters is 1. The van der Waals surface area contributed by atoms with Crippen LogP contribution in [0, 0.1) is 6.92 Å². The van der Waals surface area contributed by atoms with E-state index in [0.717, 1.165) is 10.8 Å². The predicted octanol–water partition coefficient (Wildman–Crippen LogP) is 5.12. The lowest BCUT2D eigenvalue weighted by Gasteiger charge is -2.19. The van der Waals surface area contributed by atoms with Crippen LogP contribution < -0.4 is 10.1 Å². The van der Waals surface area contributed by atoms with Crippen molar-refractivity contribution in [2.45, 2.75) is 33.3 Å². The molecular formula is C24H25NO4. The second kappa shape index (κ2) is 9.24. The Labute approximate surface area is 170 Å². The summed E-state index contributed by atoms with van der Waals surface area (Å²) >= 11 is 0. The maximum absolute atomic E-state index is 12.8. The first-order valence-electron chi connectivity index (χ1n) is 9.76. The van der Waals surface area contributed by atoms with Crippen molar-refractivity contribution in [3.05, 3.63) is 71.8 Å². The Bertz CT molecular complexity index is 1030. The summed E-state index contributed by atoms with van der Waals surface area (Å²) < 4.78 is 11.0. The van der Waals surface area contributed by atoms with Crippen molar-refractivity contribution in [2.75, 3.05) is 11.9 Å². The molecule has 3 aromatic rings. The largest absolute Gasteiger partial charge is 0.481 e. The van der Waals surface area contributed by atoms with Crippen molar-refractivity contribution < 1.29 is 19.1 Å². The fourth-order valence-corrected chi connectivity index (χ4v) is 3.14. The number of rotatable bonds is 7. The normalized spacial score (nSPS) is 11.7. The third-order valence-corrected chi connectivity index (χ3v) is 4.75. The summed E-state index contributed by atoms with van der Waals surface area (Å²) in [5, 5.41) is 5.05. The van der Waals surface area contributed by atoms with Crippen LogP contribution in [0.4, 0.5) is 5.69 Å². The molecule has 0 aliphatic heterocycles. The minimum absolute atomic E-state index is 0.259. The molecule has 0 aliphatic rings. The van der Waals surface area contributed by atoms with Crippen LogP contribution in [0.5, 0.6) is 5.75 Å². The first kappa shape index (κ1) is 20.4. The summed E-state index contributed by atoms with van der Waals surface area (Å²) in [5.41, 5.74) is 1.68. The van der Waals surface area contributed by atoms with Gasteiger partial charge in [-0.1, -0.05) is 43.3 Å². The van der Waals surface area contributed by atoms with E-state index in [9.17, 15) is 9.59 Å². The minimum atomic E-state index is -0.651. The van der Waals surface area contributed by atoms with Crippen LogP contribution in [-0.4, -0.2) is 24.6 Å². The van der Waals surface area contributed by atoms with E-state index in [-0.39, 0.29) is 5.91 Å². The van der Waals surface area contributed by atoms with E-state index in [1.165, 1.54) is 0 Å². The lowest BCUT2D eigenvalue weighted by atomic mass is 10.1. The number of hydrogen-bond donors (Lipinski definition) is 1. The number of anilines is 1. The van der Waals surface area contributed by atoms with E-state index in [1.807, 2.05) is 49.4 Å². The van der Waals surface area contributed by atoms with Gasteiger partial charge in [0.15, 0.2) is 6.10 Å². The van der Waals surface area contributed by atoms with E-state index in [0.29, 0.717) is 35.6 Å². The third-order valence-electron chi connectivity index (χ3n) is 4.75. The van der Waals surface area contributed by atoms with Gasteiger partial charge in [0, 0.05) is 5.69 Å².